The van der Waals surface area contributed by atoms with Gasteiger partial charge in [-0.2, -0.15) is 0 Å². The second-order valence-corrected chi connectivity index (χ2v) is 9.78. The van der Waals surface area contributed by atoms with Gasteiger partial charge in [0.1, 0.15) is 11.6 Å². The average Bonchev–Trinajstić information content (AvgIpc) is 2.72. The van der Waals surface area contributed by atoms with E-state index in [1.807, 2.05) is 12.4 Å². The van der Waals surface area contributed by atoms with Crippen LogP contribution < -0.4 is 9.64 Å². The van der Waals surface area contributed by atoms with Gasteiger partial charge in [0.15, 0.2) is 9.84 Å². The van der Waals surface area contributed by atoms with E-state index in [0.717, 1.165) is 37.3 Å². The van der Waals surface area contributed by atoms with Crippen molar-refractivity contribution in [2.24, 2.45) is 5.92 Å². The number of aromatic nitrogens is 2. The standard InChI is InChI=1S/C23H24FN3O3S/c1-3-16-11-25-23(26-12-16)27-13-17(14-27)15-30-19-6-9-21(22(24)10-19)18-4-7-20(8-5-18)31(2,28)29/h4-12,17H,3,13-15H2,1-2H3. The summed E-state index contributed by atoms with van der Waals surface area (Å²) in [5.41, 5.74) is 2.12. The van der Waals surface area contributed by atoms with Crippen molar-refractivity contribution in [3.63, 3.8) is 0 Å². The maximum absolute atomic E-state index is 14.6. The fourth-order valence-corrected chi connectivity index (χ4v) is 4.08. The Morgan fingerprint density at radius 3 is 2.35 bits per heavy atom. The van der Waals surface area contributed by atoms with Gasteiger partial charge in [0.05, 0.1) is 11.5 Å². The molecule has 1 aliphatic rings. The second-order valence-electron chi connectivity index (χ2n) is 7.77. The van der Waals surface area contributed by atoms with Gasteiger partial charge in [-0.3, -0.25) is 0 Å². The summed E-state index contributed by atoms with van der Waals surface area (Å²) < 4.78 is 43.5. The molecule has 2 heterocycles. The Morgan fingerprint density at radius 1 is 1.10 bits per heavy atom. The van der Waals surface area contributed by atoms with E-state index in [1.165, 1.54) is 18.2 Å². The summed E-state index contributed by atoms with van der Waals surface area (Å²) in [7, 11) is -3.28. The molecule has 2 aromatic carbocycles. The van der Waals surface area contributed by atoms with Crippen molar-refractivity contribution in [1.82, 2.24) is 9.97 Å². The number of rotatable bonds is 7. The van der Waals surface area contributed by atoms with Crippen LogP contribution >= 0.6 is 0 Å². The number of aryl methyl sites for hydroxylation is 1. The van der Waals surface area contributed by atoms with Crippen LogP contribution in [0.1, 0.15) is 12.5 Å². The minimum Gasteiger partial charge on any atom is -0.493 e. The normalized spacial score (nSPS) is 14.4. The maximum Gasteiger partial charge on any atom is 0.225 e. The Bertz CT molecular complexity index is 1160. The summed E-state index contributed by atoms with van der Waals surface area (Å²) in [4.78, 5) is 11.1. The lowest BCUT2D eigenvalue weighted by atomic mass is 10.0. The van der Waals surface area contributed by atoms with Crippen LogP contribution in [0.2, 0.25) is 0 Å². The number of hydrogen-bond acceptors (Lipinski definition) is 6. The number of anilines is 1. The lowest BCUT2D eigenvalue weighted by Crippen LogP contribution is -2.50. The molecule has 0 spiro atoms. The zero-order valence-electron chi connectivity index (χ0n) is 17.5. The summed E-state index contributed by atoms with van der Waals surface area (Å²) in [6, 6.07) is 10.9. The van der Waals surface area contributed by atoms with Gasteiger partial charge >= 0.3 is 0 Å². The van der Waals surface area contributed by atoms with Gasteiger partial charge in [0.2, 0.25) is 5.95 Å². The van der Waals surface area contributed by atoms with Crippen LogP contribution in [0.3, 0.4) is 0 Å². The number of benzene rings is 2. The van der Waals surface area contributed by atoms with Crippen LogP contribution in [-0.4, -0.2) is 44.3 Å². The molecule has 3 aromatic rings. The van der Waals surface area contributed by atoms with Crippen molar-refractivity contribution < 1.29 is 17.5 Å². The molecule has 0 unspecified atom stereocenters. The lowest BCUT2D eigenvalue weighted by molar-refractivity contribution is 0.219. The molecule has 4 rings (SSSR count). The monoisotopic (exact) mass is 441 g/mol. The van der Waals surface area contributed by atoms with Crippen LogP contribution in [-0.2, 0) is 16.3 Å². The molecule has 8 heteroatoms. The molecule has 1 aliphatic heterocycles. The predicted molar refractivity (Wildman–Crippen MR) is 118 cm³/mol. The highest BCUT2D eigenvalue weighted by molar-refractivity contribution is 7.90. The second kappa shape index (κ2) is 8.63. The van der Waals surface area contributed by atoms with E-state index in [0.29, 0.717) is 29.4 Å². The van der Waals surface area contributed by atoms with Crippen molar-refractivity contribution in [2.45, 2.75) is 18.2 Å². The first-order valence-corrected chi connectivity index (χ1v) is 12.0. The fourth-order valence-electron chi connectivity index (χ4n) is 3.45. The third-order valence-electron chi connectivity index (χ3n) is 5.36. The van der Waals surface area contributed by atoms with Crippen LogP contribution in [0, 0.1) is 11.7 Å². The first-order chi connectivity index (χ1) is 14.8. The quantitative estimate of drug-likeness (QED) is 0.556. The highest BCUT2D eigenvalue weighted by atomic mass is 32.2. The molecule has 0 atom stereocenters. The van der Waals surface area contributed by atoms with Gasteiger partial charge in [-0.25, -0.2) is 22.8 Å². The van der Waals surface area contributed by atoms with E-state index < -0.39 is 15.7 Å². The van der Waals surface area contributed by atoms with Crippen LogP contribution in [0.15, 0.2) is 59.8 Å². The number of ether oxygens (including phenoxy) is 1. The molecule has 6 nitrogen and oxygen atoms in total. The molecule has 0 saturated carbocycles. The zero-order chi connectivity index (χ0) is 22.0. The molecule has 1 aromatic heterocycles. The minimum absolute atomic E-state index is 0.206. The summed E-state index contributed by atoms with van der Waals surface area (Å²) in [5, 5.41) is 0. The Hall–Kier alpha value is -3.00. The first kappa shape index (κ1) is 21.2. The summed E-state index contributed by atoms with van der Waals surface area (Å²) >= 11 is 0. The topological polar surface area (TPSA) is 72.4 Å². The molecule has 0 aliphatic carbocycles. The summed E-state index contributed by atoms with van der Waals surface area (Å²) in [6.45, 7) is 4.17. The van der Waals surface area contributed by atoms with Gasteiger partial charge in [-0.1, -0.05) is 19.1 Å². The molecule has 1 fully saturated rings. The van der Waals surface area contributed by atoms with Gasteiger partial charge in [-0.05, 0) is 41.8 Å². The van der Waals surface area contributed by atoms with Gasteiger partial charge in [-0.15, -0.1) is 0 Å². The van der Waals surface area contributed by atoms with Crippen molar-refractivity contribution in [2.75, 3.05) is 30.9 Å². The number of halogens is 1. The van der Waals surface area contributed by atoms with Crippen molar-refractivity contribution in [3.8, 4) is 16.9 Å². The third kappa shape index (κ3) is 4.85. The number of nitrogens with zero attached hydrogens (tertiary/aromatic N) is 3. The SMILES string of the molecule is CCc1cnc(N2CC(COc3ccc(-c4ccc(S(C)(=O)=O)cc4)c(F)c3)C2)nc1. The van der Waals surface area contributed by atoms with Crippen molar-refractivity contribution in [3.05, 3.63) is 66.2 Å². The average molecular weight is 442 g/mol. The summed E-state index contributed by atoms with van der Waals surface area (Å²) in [6.07, 6.45) is 5.76. The van der Waals surface area contributed by atoms with Gasteiger partial charge < -0.3 is 9.64 Å². The van der Waals surface area contributed by atoms with E-state index in [9.17, 15) is 12.8 Å². The Kier molecular flexibility index (Phi) is 5.91. The minimum atomic E-state index is -3.28. The van der Waals surface area contributed by atoms with E-state index in [4.69, 9.17) is 4.74 Å². The molecule has 0 bridgehead atoms. The predicted octanol–water partition coefficient (Wildman–Crippen LogP) is 3.76. The molecule has 1 saturated heterocycles. The molecule has 162 valence electrons. The fraction of sp³-hybridized carbons (Fsp3) is 0.304. The summed E-state index contributed by atoms with van der Waals surface area (Å²) in [5.74, 6) is 1.12. The van der Waals surface area contributed by atoms with E-state index in [-0.39, 0.29) is 4.90 Å². The van der Waals surface area contributed by atoms with Gasteiger partial charge in [0.25, 0.3) is 0 Å². The molecule has 0 N–H and O–H groups in total. The number of hydrogen-bond donors (Lipinski definition) is 0. The van der Waals surface area contributed by atoms with E-state index in [2.05, 4.69) is 21.8 Å². The zero-order valence-corrected chi connectivity index (χ0v) is 18.3. The maximum atomic E-state index is 14.6. The third-order valence-corrected chi connectivity index (χ3v) is 6.49. The smallest absolute Gasteiger partial charge is 0.225 e. The Morgan fingerprint density at radius 2 is 1.77 bits per heavy atom. The molecule has 0 amide bonds. The van der Waals surface area contributed by atoms with Crippen LogP contribution in [0.25, 0.3) is 11.1 Å². The van der Waals surface area contributed by atoms with E-state index >= 15 is 0 Å². The largest absolute Gasteiger partial charge is 0.493 e. The van der Waals surface area contributed by atoms with Crippen LogP contribution in [0.5, 0.6) is 5.75 Å². The van der Waals surface area contributed by atoms with Crippen LogP contribution in [0.4, 0.5) is 10.3 Å². The Balaban J connectivity index is 1.33. The molecular weight excluding hydrogens is 417 g/mol. The lowest BCUT2D eigenvalue weighted by Gasteiger charge is -2.38. The van der Waals surface area contributed by atoms with Crippen molar-refractivity contribution >= 4 is 15.8 Å². The van der Waals surface area contributed by atoms with Gasteiger partial charge in [0, 0.05) is 49.3 Å². The molecule has 31 heavy (non-hydrogen) atoms. The Labute approximate surface area is 181 Å². The first-order valence-electron chi connectivity index (χ1n) is 10.1. The van der Waals surface area contributed by atoms with E-state index in [1.54, 1.807) is 24.3 Å². The molecular formula is C23H24FN3O3S. The molecule has 0 radical (unpaired) electrons. The van der Waals surface area contributed by atoms with Crippen molar-refractivity contribution in [1.29, 1.82) is 0 Å². The number of sulfone groups is 1. The highest BCUT2D eigenvalue weighted by Gasteiger charge is 2.29. The highest BCUT2D eigenvalue weighted by Crippen LogP contribution is 2.28.